The molecule has 2 heterocycles. The fourth-order valence-corrected chi connectivity index (χ4v) is 10.6. The van der Waals surface area contributed by atoms with E-state index in [9.17, 15) is 0 Å². The monoisotopic (exact) mass is 735 g/mol. The van der Waals surface area contributed by atoms with Crippen LogP contribution in [-0.2, 0) is 0 Å². The third kappa shape index (κ3) is 5.43. The smallest absolute Gasteiger partial charge is 0.0468 e. The van der Waals surface area contributed by atoms with Crippen LogP contribution in [0.25, 0.3) is 84.5 Å². The minimum absolute atomic E-state index is 1.11. The largest absolute Gasteiger partial charge is 0.310 e. The van der Waals surface area contributed by atoms with E-state index in [1.54, 1.807) is 0 Å². The van der Waals surface area contributed by atoms with Crippen molar-refractivity contribution in [3.8, 4) is 33.4 Å². The number of hydrogen-bond acceptors (Lipinski definition) is 3. The highest BCUT2D eigenvalue weighted by Crippen LogP contribution is 2.47. The number of benzene rings is 9. The average Bonchev–Trinajstić information content (AvgIpc) is 3.83. The number of fused-ring (bicyclic) bond motifs is 7. The molecule has 3 heteroatoms. The Hall–Kier alpha value is -6.52. The Kier molecular flexibility index (Phi) is 7.61. The van der Waals surface area contributed by atoms with Crippen molar-refractivity contribution in [3.63, 3.8) is 0 Å². The second-order valence-electron chi connectivity index (χ2n) is 14.1. The first-order chi connectivity index (χ1) is 27.3. The molecule has 55 heavy (non-hydrogen) atoms. The standard InChI is InChI=1S/C52H33NS2/c1-2-12-34(13-3-1)35-24-26-37(27-25-35)53(39-29-31-51-48(33-39)44-18-7-8-22-49(44)54-51)38-28-30-42(41-19-10-15-36-14-4-5-16-40(36)41)47(32-38)46-21-11-20-45-43-17-6-9-23-50(43)55-52(45)46/h1-33H. The van der Waals surface area contributed by atoms with E-state index in [1.165, 1.54) is 84.5 Å². The number of thiophene rings is 2. The molecule has 0 bridgehead atoms. The topological polar surface area (TPSA) is 3.24 Å². The van der Waals surface area contributed by atoms with Gasteiger partial charge in [0.25, 0.3) is 0 Å². The second-order valence-corrected chi connectivity index (χ2v) is 16.2. The van der Waals surface area contributed by atoms with Gasteiger partial charge in [0.1, 0.15) is 0 Å². The zero-order valence-electron chi connectivity index (χ0n) is 29.8. The third-order valence-corrected chi connectivity index (χ3v) is 13.3. The Morgan fingerprint density at radius 1 is 0.291 bits per heavy atom. The van der Waals surface area contributed by atoms with Crippen molar-refractivity contribution in [2.24, 2.45) is 0 Å². The van der Waals surface area contributed by atoms with Crippen molar-refractivity contribution >= 4 is 90.9 Å². The van der Waals surface area contributed by atoms with Crippen LogP contribution in [0.15, 0.2) is 200 Å². The normalized spacial score (nSPS) is 11.6. The molecule has 0 amide bonds. The molecule has 0 saturated carbocycles. The predicted octanol–water partition coefficient (Wildman–Crippen LogP) is 16.0. The van der Waals surface area contributed by atoms with Crippen LogP contribution < -0.4 is 4.90 Å². The summed E-state index contributed by atoms with van der Waals surface area (Å²) in [5.41, 5.74) is 10.7. The zero-order valence-corrected chi connectivity index (χ0v) is 31.4. The molecule has 0 aliphatic heterocycles. The zero-order chi connectivity index (χ0) is 36.3. The van der Waals surface area contributed by atoms with E-state index in [4.69, 9.17) is 0 Å². The summed E-state index contributed by atoms with van der Waals surface area (Å²) in [5, 5.41) is 7.69. The van der Waals surface area contributed by atoms with Crippen molar-refractivity contribution in [2.45, 2.75) is 0 Å². The van der Waals surface area contributed by atoms with E-state index >= 15 is 0 Å². The number of rotatable bonds is 6. The number of hydrogen-bond donors (Lipinski definition) is 0. The van der Waals surface area contributed by atoms with Crippen LogP contribution >= 0.6 is 22.7 Å². The van der Waals surface area contributed by atoms with Gasteiger partial charge in [0.2, 0.25) is 0 Å². The molecule has 0 fully saturated rings. The fourth-order valence-electron chi connectivity index (χ4n) is 8.28. The highest BCUT2D eigenvalue weighted by atomic mass is 32.1. The minimum Gasteiger partial charge on any atom is -0.310 e. The maximum absolute atomic E-state index is 2.43. The van der Waals surface area contributed by atoms with Crippen LogP contribution in [0.5, 0.6) is 0 Å². The lowest BCUT2D eigenvalue weighted by Crippen LogP contribution is -2.10. The van der Waals surface area contributed by atoms with E-state index in [-0.39, 0.29) is 0 Å². The Labute approximate surface area is 327 Å². The predicted molar refractivity (Wildman–Crippen MR) is 241 cm³/mol. The molecule has 1 nitrogen and oxygen atoms in total. The van der Waals surface area contributed by atoms with E-state index in [2.05, 4.69) is 205 Å². The molecule has 11 rings (SSSR count). The van der Waals surface area contributed by atoms with E-state index in [0.29, 0.717) is 0 Å². The molecule has 0 saturated heterocycles. The van der Waals surface area contributed by atoms with Gasteiger partial charge < -0.3 is 4.90 Å². The van der Waals surface area contributed by atoms with Crippen molar-refractivity contribution in [3.05, 3.63) is 200 Å². The van der Waals surface area contributed by atoms with Crippen LogP contribution in [0.3, 0.4) is 0 Å². The molecule has 2 aromatic heterocycles. The van der Waals surface area contributed by atoms with E-state index < -0.39 is 0 Å². The summed E-state index contributed by atoms with van der Waals surface area (Å²) in [7, 11) is 0. The van der Waals surface area contributed by atoms with Crippen molar-refractivity contribution in [2.75, 3.05) is 4.90 Å². The fraction of sp³-hybridized carbons (Fsp3) is 0. The molecule has 0 radical (unpaired) electrons. The van der Waals surface area contributed by atoms with Crippen LogP contribution in [0.4, 0.5) is 17.1 Å². The molecule has 0 unspecified atom stereocenters. The second kappa shape index (κ2) is 13.1. The Balaban J connectivity index is 1.17. The maximum Gasteiger partial charge on any atom is 0.0468 e. The van der Waals surface area contributed by atoms with Crippen molar-refractivity contribution in [1.29, 1.82) is 0 Å². The SMILES string of the molecule is c1ccc(-c2ccc(N(c3ccc(-c4cccc5ccccc45)c(-c4cccc5c4sc4ccccc45)c3)c3ccc4sc5ccccc5c4c3)cc2)cc1. The Morgan fingerprint density at radius 2 is 0.855 bits per heavy atom. The summed E-state index contributed by atoms with van der Waals surface area (Å²) in [6.07, 6.45) is 0. The minimum atomic E-state index is 1.11. The molecule has 0 aliphatic carbocycles. The highest BCUT2D eigenvalue weighted by molar-refractivity contribution is 7.26. The quantitative estimate of drug-likeness (QED) is 0.164. The molecule has 0 aliphatic rings. The third-order valence-electron chi connectivity index (χ3n) is 10.9. The van der Waals surface area contributed by atoms with Crippen molar-refractivity contribution in [1.82, 2.24) is 0 Å². The summed E-state index contributed by atoms with van der Waals surface area (Å²) in [5.74, 6) is 0. The van der Waals surface area contributed by atoms with Gasteiger partial charge in [-0.05, 0) is 93.2 Å². The van der Waals surface area contributed by atoms with Gasteiger partial charge in [0.15, 0.2) is 0 Å². The van der Waals surface area contributed by atoms with Crippen LogP contribution in [0.1, 0.15) is 0 Å². The molecular formula is C52H33NS2. The summed E-state index contributed by atoms with van der Waals surface area (Å²) >= 11 is 3.75. The lowest BCUT2D eigenvalue weighted by Gasteiger charge is -2.27. The van der Waals surface area contributed by atoms with Gasteiger partial charge >= 0.3 is 0 Å². The molecule has 9 aromatic carbocycles. The summed E-state index contributed by atoms with van der Waals surface area (Å²) in [4.78, 5) is 2.43. The van der Waals surface area contributed by atoms with Gasteiger partial charge in [-0.15, -0.1) is 22.7 Å². The first-order valence-electron chi connectivity index (χ1n) is 18.7. The molecule has 258 valence electrons. The summed E-state index contributed by atoms with van der Waals surface area (Å²) in [6, 6.07) is 73.5. The molecular weight excluding hydrogens is 703 g/mol. The van der Waals surface area contributed by atoms with Crippen LogP contribution in [0, 0.1) is 0 Å². The lowest BCUT2D eigenvalue weighted by atomic mass is 9.90. The lowest BCUT2D eigenvalue weighted by molar-refractivity contribution is 1.29. The molecule has 0 N–H and O–H groups in total. The van der Waals surface area contributed by atoms with E-state index in [1.807, 2.05) is 22.7 Å². The Bertz CT molecular complexity index is 3200. The van der Waals surface area contributed by atoms with Crippen molar-refractivity contribution < 1.29 is 0 Å². The van der Waals surface area contributed by atoms with Gasteiger partial charge in [-0.2, -0.15) is 0 Å². The van der Waals surface area contributed by atoms with Crippen LogP contribution in [-0.4, -0.2) is 0 Å². The average molecular weight is 736 g/mol. The number of nitrogens with zero attached hydrogens (tertiary/aromatic N) is 1. The first kappa shape index (κ1) is 32.0. The molecule has 0 spiro atoms. The van der Waals surface area contributed by atoms with Gasteiger partial charge in [-0.3, -0.25) is 0 Å². The summed E-state index contributed by atoms with van der Waals surface area (Å²) < 4.78 is 5.23. The van der Waals surface area contributed by atoms with Gasteiger partial charge in [0.05, 0.1) is 0 Å². The van der Waals surface area contributed by atoms with Gasteiger partial charge in [-0.25, -0.2) is 0 Å². The highest BCUT2D eigenvalue weighted by Gasteiger charge is 2.20. The summed E-state index contributed by atoms with van der Waals surface area (Å²) in [6.45, 7) is 0. The molecule has 0 atom stereocenters. The Morgan fingerprint density at radius 3 is 1.69 bits per heavy atom. The van der Waals surface area contributed by atoms with Crippen LogP contribution in [0.2, 0.25) is 0 Å². The van der Waals surface area contributed by atoms with Gasteiger partial charge in [-0.1, -0.05) is 146 Å². The molecule has 11 aromatic rings. The van der Waals surface area contributed by atoms with E-state index in [0.717, 1.165) is 17.1 Å². The number of anilines is 3. The first-order valence-corrected chi connectivity index (χ1v) is 20.3. The van der Waals surface area contributed by atoms with Gasteiger partial charge in [0, 0.05) is 63.0 Å². The maximum atomic E-state index is 2.43.